The van der Waals surface area contributed by atoms with E-state index in [2.05, 4.69) is 0 Å². The molecule has 3 atom stereocenters. The molecule has 0 radical (unpaired) electrons. The molecular formula is C14H20N2O5. The van der Waals surface area contributed by atoms with Crippen molar-refractivity contribution in [1.82, 2.24) is 0 Å². The van der Waals surface area contributed by atoms with Crippen molar-refractivity contribution in [2.75, 3.05) is 20.3 Å². The number of nitrogens with two attached hydrogens (primary N) is 1. The van der Waals surface area contributed by atoms with Crippen molar-refractivity contribution in [1.29, 1.82) is 0 Å². The highest BCUT2D eigenvalue weighted by atomic mass is 16.6. The number of methoxy groups -OCH3 is 1. The minimum Gasteiger partial charge on any atom is -0.481 e. The molecule has 2 N–H and O–H groups in total. The zero-order valence-corrected chi connectivity index (χ0v) is 12.2. The SMILES string of the molecule is COCCOC1C(N)CC1Oc1cccc(C)c1[N+](=O)[O-]. The largest absolute Gasteiger partial charge is 0.481 e. The van der Waals surface area contributed by atoms with Gasteiger partial charge in [0, 0.05) is 25.1 Å². The number of aryl methyl sites for hydroxylation is 1. The van der Waals surface area contributed by atoms with Crippen LogP contribution in [0.4, 0.5) is 5.69 Å². The molecule has 116 valence electrons. The Morgan fingerprint density at radius 3 is 2.81 bits per heavy atom. The maximum atomic E-state index is 11.1. The standard InChI is InChI=1S/C14H20N2O5/c1-9-4-3-5-11(13(9)16(17)18)21-12-8-10(15)14(12)20-7-6-19-2/h3-5,10,12,14H,6-8,15H2,1-2H3. The summed E-state index contributed by atoms with van der Waals surface area (Å²) in [5.74, 6) is 0.261. The lowest BCUT2D eigenvalue weighted by Gasteiger charge is -2.41. The van der Waals surface area contributed by atoms with Gasteiger partial charge in [0.2, 0.25) is 0 Å². The molecule has 0 amide bonds. The Hall–Kier alpha value is -1.70. The van der Waals surface area contributed by atoms with Crippen LogP contribution >= 0.6 is 0 Å². The molecule has 0 spiro atoms. The Morgan fingerprint density at radius 2 is 2.19 bits per heavy atom. The maximum Gasteiger partial charge on any atom is 0.313 e. The third kappa shape index (κ3) is 3.49. The van der Waals surface area contributed by atoms with Gasteiger partial charge in [-0.05, 0) is 13.0 Å². The van der Waals surface area contributed by atoms with Gasteiger partial charge in [-0.3, -0.25) is 10.1 Å². The first kappa shape index (κ1) is 15.7. The highest BCUT2D eigenvalue weighted by Crippen LogP contribution is 2.35. The molecule has 1 fully saturated rings. The Balaban J connectivity index is 2.05. The van der Waals surface area contributed by atoms with Crippen LogP contribution in [-0.4, -0.2) is 43.5 Å². The van der Waals surface area contributed by atoms with Crippen LogP contribution in [0, 0.1) is 17.0 Å². The average molecular weight is 296 g/mol. The van der Waals surface area contributed by atoms with Crippen molar-refractivity contribution >= 4 is 5.69 Å². The number of para-hydroxylation sites is 1. The Morgan fingerprint density at radius 1 is 1.43 bits per heavy atom. The summed E-state index contributed by atoms with van der Waals surface area (Å²) in [5.41, 5.74) is 6.46. The number of nitrogens with zero attached hydrogens (tertiary/aromatic N) is 1. The summed E-state index contributed by atoms with van der Waals surface area (Å²) in [6.45, 7) is 2.58. The summed E-state index contributed by atoms with van der Waals surface area (Å²) >= 11 is 0. The average Bonchev–Trinajstić information content (AvgIpc) is 2.42. The van der Waals surface area contributed by atoms with Gasteiger partial charge in [-0.25, -0.2) is 0 Å². The van der Waals surface area contributed by atoms with Gasteiger partial charge in [-0.2, -0.15) is 0 Å². The normalized spacial score (nSPS) is 24.4. The van der Waals surface area contributed by atoms with Gasteiger partial charge in [0.05, 0.1) is 18.1 Å². The van der Waals surface area contributed by atoms with Gasteiger partial charge < -0.3 is 19.9 Å². The third-order valence-corrected chi connectivity index (χ3v) is 3.55. The van der Waals surface area contributed by atoms with E-state index in [4.69, 9.17) is 19.9 Å². The number of hydrogen-bond acceptors (Lipinski definition) is 6. The first-order valence-electron chi connectivity index (χ1n) is 6.81. The van der Waals surface area contributed by atoms with Gasteiger partial charge in [0.25, 0.3) is 0 Å². The smallest absolute Gasteiger partial charge is 0.313 e. The van der Waals surface area contributed by atoms with Crippen molar-refractivity contribution in [3.8, 4) is 5.75 Å². The van der Waals surface area contributed by atoms with Crippen molar-refractivity contribution < 1.29 is 19.1 Å². The molecule has 1 aliphatic carbocycles. The summed E-state index contributed by atoms with van der Waals surface area (Å²) in [4.78, 5) is 10.7. The van der Waals surface area contributed by atoms with Crippen LogP contribution in [0.15, 0.2) is 18.2 Å². The van der Waals surface area contributed by atoms with E-state index in [0.29, 0.717) is 25.2 Å². The molecule has 0 aromatic heterocycles. The molecule has 1 aliphatic rings. The second kappa shape index (κ2) is 6.84. The van der Waals surface area contributed by atoms with Crippen LogP contribution in [0.5, 0.6) is 5.75 Å². The highest BCUT2D eigenvalue weighted by Gasteiger charge is 2.42. The van der Waals surface area contributed by atoms with E-state index in [-0.39, 0.29) is 29.7 Å². The van der Waals surface area contributed by atoms with Crippen LogP contribution in [0.3, 0.4) is 0 Å². The third-order valence-electron chi connectivity index (χ3n) is 3.55. The van der Waals surface area contributed by atoms with Gasteiger partial charge in [0.1, 0.15) is 12.2 Å². The summed E-state index contributed by atoms with van der Waals surface area (Å²) in [6.07, 6.45) is 0.0839. The zero-order valence-electron chi connectivity index (χ0n) is 12.2. The molecule has 7 nitrogen and oxygen atoms in total. The number of nitro groups is 1. The number of benzene rings is 1. The van der Waals surface area contributed by atoms with Gasteiger partial charge in [-0.1, -0.05) is 12.1 Å². The van der Waals surface area contributed by atoms with E-state index < -0.39 is 4.92 Å². The number of rotatable bonds is 7. The monoisotopic (exact) mass is 296 g/mol. The van der Waals surface area contributed by atoms with Crippen molar-refractivity contribution in [3.63, 3.8) is 0 Å². The number of nitro benzene ring substituents is 1. The van der Waals surface area contributed by atoms with E-state index in [1.54, 1.807) is 32.2 Å². The zero-order chi connectivity index (χ0) is 15.4. The van der Waals surface area contributed by atoms with Crippen LogP contribution in [0.1, 0.15) is 12.0 Å². The fourth-order valence-electron chi connectivity index (χ4n) is 2.35. The molecule has 1 saturated carbocycles. The fourth-order valence-corrected chi connectivity index (χ4v) is 2.35. The molecule has 0 bridgehead atoms. The maximum absolute atomic E-state index is 11.1. The lowest BCUT2D eigenvalue weighted by molar-refractivity contribution is -0.386. The van der Waals surface area contributed by atoms with Crippen LogP contribution in [0.2, 0.25) is 0 Å². The van der Waals surface area contributed by atoms with E-state index in [9.17, 15) is 10.1 Å². The number of ether oxygens (including phenoxy) is 3. The fraction of sp³-hybridized carbons (Fsp3) is 0.571. The minimum absolute atomic E-state index is 0.00591. The molecule has 0 saturated heterocycles. The van der Waals surface area contributed by atoms with E-state index in [1.807, 2.05) is 0 Å². The molecule has 7 heteroatoms. The second-order valence-electron chi connectivity index (χ2n) is 5.06. The Labute approximate surface area is 123 Å². The molecule has 21 heavy (non-hydrogen) atoms. The van der Waals surface area contributed by atoms with Gasteiger partial charge >= 0.3 is 5.69 Å². The highest BCUT2D eigenvalue weighted by molar-refractivity contribution is 5.52. The minimum atomic E-state index is -0.427. The molecule has 1 aromatic rings. The topological polar surface area (TPSA) is 96.9 Å². The molecule has 0 aliphatic heterocycles. The Bertz CT molecular complexity index is 508. The first-order valence-corrected chi connectivity index (χ1v) is 6.81. The second-order valence-corrected chi connectivity index (χ2v) is 5.06. The lowest BCUT2D eigenvalue weighted by Crippen LogP contribution is -2.59. The van der Waals surface area contributed by atoms with Crippen LogP contribution in [0.25, 0.3) is 0 Å². The van der Waals surface area contributed by atoms with Crippen molar-refractivity contribution in [2.24, 2.45) is 5.73 Å². The van der Waals surface area contributed by atoms with E-state index >= 15 is 0 Å². The van der Waals surface area contributed by atoms with Crippen LogP contribution in [-0.2, 0) is 9.47 Å². The predicted molar refractivity (Wildman–Crippen MR) is 76.5 cm³/mol. The van der Waals surface area contributed by atoms with E-state index in [0.717, 1.165) is 0 Å². The van der Waals surface area contributed by atoms with Crippen LogP contribution < -0.4 is 10.5 Å². The van der Waals surface area contributed by atoms with Gasteiger partial charge in [0.15, 0.2) is 5.75 Å². The van der Waals surface area contributed by atoms with Crippen molar-refractivity contribution in [3.05, 3.63) is 33.9 Å². The molecule has 3 unspecified atom stereocenters. The van der Waals surface area contributed by atoms with E-state index in [1.165, 1.54) is 0 Å². The first-order chi connectivity index (χ1) is 10.0. The Kier molecular flexibility index (Phi) is 5.11. The van der Waals surface area contributed by atoms with Crippen molar-refractivity contribution in [2.45, 2.75) is 31.6 Å². The summed E-state index contributed by atoms with van der Waals surface area (Å²) in [5, 5.41) is 11.1. The predicted octanol–water partition coefficient (Wildman–Crippen LogP) is 1.41. The number of hydrogen-bond donors (Lipinski definition) is 1. The molecule has 1 aromatic carbocycles. The summed E-state index contributed by atoms with van der Waals surface area (Å²) < 4.78 is 16.3. The molecule has 2 rings (SSSR count). The molecule has 0 heterocycles. The quantitative estimate of drug-likeness (QED) is 0.464. The summed E-state index contributed by atoms with van der Waals surface area (Å²) in [6, 6.07) is 4.90. The summed E-state index contributed by atoms with van der Waals surface area (Å²) in [7, 11) is 1.59. The van der Waals surface area contributed by atoms with Gasteiger partial charge in [-0.15, -0.1) is 0 Å². The molecular weight excluding hydrogens is 276 g/mol. The lowest BCUT2D eigenvalue weighted by atomic mass is 9.86.